The van der Waals surface area contributed by atoms with Gasteiger partial charge in [0.2, 0.25) is 5.95 Å². The molecule has 0 unspecified atom stereocenters. The topological polar surface area (TPSA) is 99.5 Å². The minimum absolute atomic E-state index is 0.135. The number of aromatic hydroxyl groups is 1. The third-order valence-corrected chi connectivity index (χ3v) is 8.81. The van der Waals surface area contributed by atoms with Crippen molar-refractivity contribution in [2.75, 3.05) is 20.3 Å². The Bertz CT molecular complexity index is 2600. The van der Waals surface area contributed by atoms with E-state index < -0.39 is 29.2 Å². The lowest BCUT2D eigenvalue weighted by Crippen LogP contribution is -1.95. The molecule has 8 rings (SSSR count). The van der Waals surface area contributed by atoms with Crippen molar-refractivity contribution in [1.82, 2.24) is 19.9 Å². The maximum atomic E-state index is 13.5. The zero-order chi connectivity index (χ0) is 41.2. The highest BCUT2D eigenvalue weighted by molar-refractivity contribution is 6.35. The van der Waals surface area contributed by atoms with Crippen LogP contribution in [-0.2, 0) is 0 Å². The lowest BCUT2D eigenvalue weighted by Gasteiger charge is -2.06. The number of ether oxygens (including phenoxy) is 3. The van der Waals surface area contributed by atoms with E-state index in [1.807, 2.05) is 6.92 Å². The summed E-state index contributed by atoms with van der Waals surface area (Å²) in [5, 5.41) is 14.6. The summed E-state index contributed by atoms with van der Waals surface area (Å²) < 4.78 is 81.3. The molecule has 0 saturated heterocycles. The second kappa shape index (κ2) is 19.4. The monoisotopic (exact) mass is 842 g/mol. The molecule has 0 amide bonds. The molecule has 294 valence electrons. The van der Waals surface area contributed by atoms with E-state index in [0.29, 0.717) is 50.5 Å². The number of phenols is 1. The molecule has 16 heteroatoms. The summed E-state index contributed by atoms with van der Waals surface area (Å²) in [5.74, 6) is -2.58. The Morgan fingerprint density at radius 3 is 1.28 bits per heavy atom. The van der Waals surface area contributed by atoms with Crippen LogP contribution >= 0.6 is 34.8 Å². The Labute approximate surface area is 337 Å². The molecule has 4 heterocycles. The van der Waals surface area contributed by atoms with Gasteiger partial charge in [0.15, 0.2) is 46.3 Å². The zero-order valence-electron chi connectivity index (χ0n) is 30.1. The number of nitrogens with zero attached hydrogens (tertiary/aromatic N) is 4. The van der Waals surface area contributed by atoms with Gasteiger partial charge in [-0.25, -0.2) is 37.5 Å². The highest BCUT2D eigenvalue weighted by Gasteiger charge is 2.11. The Kier molecular flexibility index (Phi) is 14.4. The smallest absolute Gasteiger partial charge is 0.220 e. The standard InChI is InChI=1S/C11H9ClFNO.C11H9F2NO.C10H7ClFNO.C9H5ClFNO/c1-2-15-10-5-7-3-4-14-11(12)8(7)6-9(10)13;1-2-15-10-5-7-3-4-14-11(13)8(7)6-9(10)12;1-14-9-4-6-2-3-13-10(11)7(6)5-8(9)12;10-9-6-4-7(11)8(13)3-5(6)1-2-12-9/h2*3-6H,2H2,1H3;2-5H,1H3;1-4,13H. The van der Waals surface area contributed by atoms with Crippen LogP contribution in [0.1, 0.15) is 13.8 Å². The van der Waals surface area contributed by atoms with Gasteiger partial charge in [0.25, 0.3) is 0 Å². The van der Waals surface area contributed by atoms with Crippen LogP contribution in [0.15, 0.2) is 97.6 Å². The van der Waals surface area contributed by atoms with Crippen LogP contribution in [0.5, 0.6) is 23.0 Å². The fourth-order valence-electron chi connectivity index (χ4n) is 5.25. The van der Waals surface area contributed by atoms with Gasteiger partial charge < -0.3 is 19.3 Å². The van der Waals surface area contributed by atoms with Crippen molar-refractivity contribution in [2.45, 2.75) is 13.8 Å². The molecule has 8 nitrogen and oxygen atoms in total. The number of hydrogen-bond acceptors (Lipinski definition) is 8. The molecule has 4 aromatic heterocycles. The molecule has 0 radical (unpaired) electrons. The maximum absolute atomic E-state index is 13.5. The summed E-state index contributed by atoms with van der Waals surface area (Å²) in [7, 11) is 1.42. The Balaban J connectivity index is 0.000000145. The highest BCUT2D eigenvalue weighted by atomic mass is 35.5. The number of hydrogen-bond donors (Lipinski definition) is 1. The number of pyridine rings is 4. The maximum Gasteiger partial charge on any atom is 0.220 e. The molecule has 0 aliphatic heterocycles. The average Bonchev–Trinajstić information content (AvgIpc) is 3.18. The predicted octanol–water partition coefficient (Wildman–Crippen LogP) is 12.1. The van der Waals surface area contributed by atoms with Crippen LogP contribution in [0.3, 0.4) is 0 Å². The van der Waals surface area contributed by atoms with Gasteiger partial charge in [0, 0.05) is 46.3 Å². The molecule has 4 aromatic carbocycles. The molecule has 1 N–H and O–H groups in total. The lowest BCUT2D eigenvalue weighted by molar-refractivity contribution is 0.322. The fourth-order valence-corrected chi connectivity index (χ4v) is 5.91. The predicted molar refractivity (Wildman–Crippen MR) is 212 cm³/mol. The second-order valence-electron chi connectivity index (χ2n) is 11.5. The van der Waals surface area contributed by atoms with Gasteiger partial charge in [-0.1, -0.05) is 34.8 Å². The quantitative estimate of drug-likeness (QED) is 0.135. The van der Waals surface area contributed by atoms with Crippen LogP contribution in [0.25, 0.3) is 43.1 Å². The summed E-state index contributed by atoms with van der Waals surface area (Å²) in [6, 6.07) is 17.7. The second-order valence-corrected chi connectivity index (χ2v) is 12.6. The molecular formula is C41H30Cl3F5N4O4. The largest absolute Gasteiger partial charge is 0.505 e. The van der Waals surface area contributed by atoms with E-state index in [0.717, 1.165) is 16.8 Å². The van der Waals surface area contributed by atoms with Gasteiger partial charge in [-0.05, 0) is 108 Å². The van der Waals surface area contributed by atoms with Gasteiger partial charge in [0.05, 0.1) is 20.3 Å². The van der Waals surface area contributed by atoms with E-state index in [2.05, 4.69) is 19.9 Å². The normalized spacial score (nSPS) is 10.6. The summed E-state index contributed by atoms with van der Waals surface area (Å²) in [4.78, 5) is 15.0. The first-order valence-electron chi connectivity index (χ1n) is 16.8. The van der Waals surface area contributed by atoms with Crippen LogP contribution in [0.4, 0.5) is 22.0 Å². The van der Waals surface area contributed by atoms with Gasteiger partial charge >= 0.3 is 0 Å². The fraction of sp³-hybridized carbons (Fsp3) is 0.122. The summed E-state index contributed by atoms with van der Waals surface area (Å²) in [5.41, 5.74) is 0. The van der Waals surface area contributed by atoms with Crippen molar-refractivity contribution < 1.29 is 41.3 Å². The van der Waals surface area contributed by atoms with Crippen molar-refractivity contribution >= 4 is 77.9 Å². The highest BCUT2D eigenvalue weighted by Crippen LogP contribution is 2.30. The Hall–Kier alpha value is -5.76. The van der Waals surface area contributed by atoms with Crippen molar-refractivity contribution in [3.8, 4) is 23.0 Å². The van der Waals surface area contributed by atoms with Crippen LogP contribution in [0.2, 0.25) is 15.5 Å². The number of phenolic OH excluding ortho intramolecular Hbond substituents is 1. The minimum atomic E-state index is -0.692. The molecule has 0 aliphatic rings. The molecule has 0 aliphatic carbocycles. The average molecular weight is 844 g/mol. The number of halogens is 8. The van der Waals surface area contributed by atoms with Crippen LogP contribution < -0.4 is 14.2 Å². The van der Waals surface area contributed by atoms with Gasteiger partial charge in [-0.3, -0.25) is 0 Å². The number of aromatic nitrogens is 4. The molecule has 0 atom stereocenters. The van der Waals surface area contributed by atoms with Crippen molar-refractivity contribution in [1.29, 1.82) is 0 Å². The zero-order valence-corrected chi connectivity index (χ0v) is 32.4. The van der Waals surface area contributed by atoms with Gasteiger partial charge in [0.1, 0.15) is 15.5 Å². The van der Waals surface area contributed by atoms with E-state index in [1.165, 1.54) is 49.8 Å². The molecule has 8 aromatic rings. The summed E-state index contributed by atoms with van der Waals surface area (Å²) in [6.45, 7) is 4.37. The van der Waals surface area contributed by atoms with Crippen LogP contribution in [0, 0.1) is 29.2 Å². The third-order valence-electron chi connectivity index (χ3n) is 7.91. The lowest BCUT2D eigenvalue weighted by atomic mass is 10.1. The summed E-state index contributed by atoms with van der Waals surface area (Å²) >= 11 is 17.4. The van der Waals surface area contributed by atoms with Crippen LogP contribution in [-0.4, -0.2) is 45.4 Å². The number of rotatable bonds is 5. The molecule has 0 spiro atoms. The van der Waals surface area contributed by atoms with Gasteiger partial charge in [-0.15, -0.1) is 0 Å². The molecular weight excluding hydrogens is 814 g/mol. The van der Waals surface area contributed by atoms with E-state index in [-0.39, 0.29) is 33.5 Å². The first-order valence-corrected chi connectivity index (χ1v) is 17.9. The molecule has 0 saturated carbocycles. The Morgan fingerprint density at radius 1 is 0.491 bits per heavy atom. The van der Waals surface area contributed by atoms with E-state index in [9.17, 15) is 22.0 Å². The van der Waals surface area contributed by atoms with E-state index in [1.54, 1.807) is 55.7 Å². The number of fused-ring (bicyclic) bond motifs is 4. The van der Waals surface area contributed by atoms with E-state index in [4.69, 9.17) is 54.1 Å². The summed E-state index contributed by atoms with van der Waals surface area (Å²) in [6.07, 6.45) is 5.99. The van der Waals surface area contributed by atoms with Crippen molar-refractivity contribution in [3.05, 3.63) is 142 Å². The third kappa shape index (κ3) is 10.4. The SMILES string of the molecule is CCOc1cc2ccnc(Cl)c2cc1F.CCOc1cc2ccnc(F)c2cc1F.COc1cc2ccnc(Cl)c2cc1F.Oc1cc2ccnc(Cl)c2cc1F. The van der Waals surface area contributed by atoms with E-state index >= 15 is 0 Å². The number of benzene rings is 4. The molecule has 0 fully saturated rings. The minimum Gasteiger partial charge on any atom is -0.505 e. The Morgan fingerprint density at radius 2 is 0.842 bits per heavy atom. The number of methoxy groups -OCH3 is 1. The van der Waals surface area contributed by atoms with Gasteiger partial charge in [-0.2, -0.15) is 4.39 Å². The molecule has 0 bridgehead atoms. The van der Waals surface area contributed by atoms with Crippen molar-refractivity contribution in [2.24, 2.45) is 0 Å². The first-order chi connectivity index (χ1) is 27.3. The first kappa shape index (κ1) is 42.4. The molecule has 57 heavy (non-hydrogen) atoms. The van der Waals surface area contributed by atoms with Crippen molar-refractivity contribution in [3.63, 3.8) is 0 Å².